The molecule has 9 heteroatoms. The number of fused-ring (bicyclic) bond motifs is 1. The number of amides is 2. The lowest BCUT2D eigenvalue weighted by atomic mass is 9.89. The Labute approximate surface area is 216 Å². The van der Waals surface area contributed by atoms with Gasteiger partial charge in [-0.1, -0.05) is 23.2 Å². The van der Waals surface area contributed by atoms with Crippen LogP contribution < -0.4 is 0 Å². The summed E-state index contributed by atoms with van der Waals surface area (Å²) in [6, 6.07) is 5.68. The Kier molecular flexibility index (Phi) is 7.11. The number of benzene rings is 1. The van der Waals surface area contributed by atoms with Gasteiger partial charge in [-0.05, 0) is 75.6 Å². The van der Waals surface area contributed by atoms with E-state index in [1.165, 1.54) is 0 Å². The summed E-state index contributed by atoms with van der Waals surface area (Å²) in [5.41, 5.74) is 3.71. The minimum absolute atomic E-state index is 0.00489. The standard InChI is InChI=1S/C26H32Cl2N4O3/c1-16-13-31(14-17(2)35-16)26(34)25-22-4-3-5-23(22)32(29-25)15-24(33)30-8-6-18(7-9-30)19-10-20(27)12-21(28)11-19/h10-12,16-18H,3-9,13-15H2,1-2H3/t16-,17+. The molecule has 2 aromatic rings. The number of carbonyl (C=O) groups is 2. The topological polar surface area (TPSA) is 67.7 Å². The number of likely N-dealkylation sites (tertiary alicyclic amines) is 1. The number of morpholine rings is 1. The van der Waals surface area contributed by atoms with Gasteiger partial charge in [0.05, 0.1) is 12.2 Å². The molecule has 2 atom stereocenters. The van der Waals surface area contributed by atoms with Crippen molar-refractivity contribution in [1.82, 2.24) is 19.6 Å². The van der Waals surface area contributed by atoms with Crippen molar-refractivity contribution >= 4 is 35.0 Å². The van der Waals surface area contributed by atoms with E-state index >= 15 is 0 Å². The lowest BCUT2D eigenvalue weighted by molar-refractivity contribution is -0.133. The highest BCUT2D eigenvalue weighted by atomic mass is 35.5. The van der Waals surface area contributed by atoms with Crippen molar-refractivity contribution in [2.45, 2.75) is 70.6 Å². The fraction of sp³-hybridized carbons (Fsp3) is 0.577. The van der Waals surface area contributed by atoms with Gasteiger partial charge < -0.3 is 14.5 Å². The van der Waals surface area contributed by atoms with Gasteiger partial charge in [0.2, 0.25) is 5.91 Å². The monoisotopic (exact) mass is 518 g/mol. The number of piperidine rings is 1. The molecular formula is C26H32Cl2N4O3. The van der Waals surface area contributed by atoms with Gasteiger partial charge in [-0.15, -0.1) is 0 Å². The third-order valence-electron chi connectivity index (χ3n) is 7.41. The zero-order valence-electron chi connectivity index (χ0n) is 20.3. The number of hydrogen-bond acceptors (Lipinski definition) is 4. The van der Waals surface area contributed by atoms with Crippen LogP contribution in [0.4, 0.5) is 0 Å². The highest BCUT2D eigenvalue weighted by molar-refractivity contribution is 6.34. The first-order chi connectivity index (χ1) is 16.8. The molecule has 35 heavy (non-hydrogen) atoms. The average Bonchev–Trinajstić information content (AvgIpc) is 3.41. The maximum Gasteiger partial charge on any atom is 0.274 e. The normalized spacial score (nSPS) is 23.0. The number of aromatic nitrogens is 2. The van der Waals surface area contributed by atoms with E-state index in [2.05, 4.69) is 5.10 Å². The Morgan fingerprint density at radius 1 is 1.00 bits per heavy atom. The van der Waals surface area contributed by atoms with Gasteiger partial charge in [0.1, 0.15) is 6.54 Å². The number of ether oxygens (including phenoxy) is 1. The average molecular weight is 519 g/mol. The molecule has 1 aromatic carbocycles. The minimum atomic E-state index is -0.0441. The van der Waals surface area contributed by atoms with Crippen molar-refractivity contribution in [2.75, 3.05) is 26.2 Å². The molecule has 2 aliphatic heterocycles. The van der Waals surface area contributed by atoms with Crippen LogP contribution in [0.15, 0.2) is 18.2 Å². The van der Waals surface area contributed by atoms with Gasteiger partial charge in [-0.3, -0.25) is 14.3 Å². The van der Waals surface area contributed by atoms with Crippen LogP contribution in [-0.2, 0) is 28.9 Å². The van der Waals surface area contributed by atoms with E-state index in [1.54, 1.807) is 10.7 Å². The molecule has 3 aliphatic rings. The van der Waals surface area contributed by atoms with E-state index in [4.69, 9.17) is 27.9 Å². The van der Waals surface area contributed by atoms with E-state index in [9.17, 15) is 9.59 Å². The van der Waals surface area contributed by atoms with Crippen LogP contribution in [0.25, 0.3) is 0 Å². The van der Waals surface area contributed by atoms with Crippen LogP contribution >= 0.6 is 23.2 Å². The van der Waals surface area contributed by atoms with E-state index in [-0.39, 0.29) is 30.6 Å². The maximum absolute atomic E-state index is 13.4. The van der Waals surface area contributed by atoms with Crippen LogP contribution in [0.5, 0.6) is 0 Å². The molecule has 2 saturated heterocycles. The molecule has 2 amide bonds. The summed E-state index contributed by atoms with van der Waals surface area (Å²) in [6.07, 6.45) is 4.44. The highest BCUT2D eigenvalue weighted by Gasteiger charge is 2.33. The zero-order chi connectivity index (χ0) is 24.7. The fourth-order valence-electron chi connectivity index (χ4n) is 5.81. The van der Waals surface area contributed by atoms with Crippen molar-refractivity contribution in [3.05, 3.63) is 50.8 Å². The predicted molar refractivity (Wildman–Crippen MR) is 135 cm³/mol. The van der Waals surface area contributed by atoms with Gasteiger partial charge in [-0.25, -0.2) is 0 Å². The first-order valence-corrected chi connectivity index (χ1v) is 13.3. The van der Waals surface area contributed by atoms with Gasteiger partial charge in [-0.2, -0.15) is 5.10 Å². The largest absolute Gasteiger partial charge is 0.372 e. The summed E-state index contributed by atoms with van der Waals surface area (Å²) in [5.74, 6) is 0.349. The Morgan fingerprint density at radius 3 is 2.31 bits per heavy atom. The molecule has 2 fully saturated rings. The highest BCUT2D eigenvalue weighted by Crippen LogP contribution is 2.32. The smallest absolute Gasteiger partial charge is 0.274 e. The van der Waals surface area contributed by atoms with E-state index in [0.29, 0.717) is 47.8 Å². The van der Waals surface area contributed by atoms with E-state index in [0.717, 1.165) is 48.9 Å². The molecule has 0 unspecified atom stereocenters. The summed E-state index contributed by atoms with van der Waals surface area (Å²) in [6.45, 7) is 6.66. The molecule has 0 spiro atoms. The van der Waals surface area contributed by atoms with Crippen molar-refractivity contribution in [3.63, 3.8) is 0 Å². The number of hydrogen-bond donors (Lipinski definition) is 0. The van der Waals surface area contributed by atoms with Gasteiger partial charge in [0, 0.05) is 47.5 Å². The number of rotatable bonds is 4. The first-order valence-electron chi connectivity index (χ1n) is 12.6. The van der Waals surface area contributed by atoms with Gasteiger partial charge >= 0.3 is 0 Å². The summed E-state index contributed by atoms with van der Waals surface area (Å²) in [7, 11) is 0. The summed E-state index contributed by atoms with van der Waals surface area (Å²) in [4.78, 5) is 30.3. The molecule has 0 N–H and O–H groups in total. The second-order valence-corrected chi connectivity index (χ2v) is 11.0. The Balaban J connectivity index is 1.25. The Bertz CT molecular complexity index is 1100. The summed E-state index contributed by atoms with van der Waals surface area (Å²) < 4.78 is 7.57. The summed E-state index contributed by atoms with van der Waals surface area (Å²) in [5, 5.41) is 5.97. The predicted octanol–water partition coefficient (Wildman–Crippen LogP) is 4.33. The Morgan fingerprint density at radius 2 is 1.66 bits per heavy atom. The summed E-state index contributed by atoms with van der Waals surface area (Å²) >= 11 is 12.4. The SMILES string of the molecule is C[C@@H]1CN(C(=O)c2nn(CC(=O)N3CCC(c4cc(Cl)cc(Cl)c4)CC3)c3c2CCC3)C[C@H](C)O1. The zero-order valence-corrected chi connectivity index (χ0v) is 21.8. The molecule has 1 aromatic heterocycles. The lowest BCUT2D eigenvalue weighted by Crippen LogP contribution is -2.48. The van der Waals surface area contributed by atoms with Crippen molar-refractivity contribution < 1.29 is 14.3 Å². The second kappa shape index (κ2) is 10.1. The number of nitrogens with zero attached hydrogens (tertiary/aromatic N) is 4. The van der Waals surface area contributed by atoms with Gasteiger partial charge in [0.15, 0.2) is 5.69 Å². The molecule has 5 rings (SSSR count). The van der Waals surface area contributed by atoms with Crippen molar-refractivity contribution in [3.8, 4) is 0 Å². The third-order valence-corrected chi connectivity index (χ3v) is 7.84. The minimum Gasteiger partial charge on any atom is -0.372 e. The molecule has 0 radical (unpaired) electrons. The number of carbonyl (C=O) groups excluding carboxylic acids is 2. The van der Waals surface area contributed by atoms with Crippen molar-refractivity contribution in [2.24, 2.45) is 0 Å². The van der Waals surface area contributed by atoms with Crippen LogP contribution in [0.2, 0.25) is 10.0 Å². The van der Waals surface area contributed by atoms with E-state index < -0.39 is 0 Å². The molecule has 0 bridgehead atoms. The second-order valence-electron chi connectivity index (χ2n) is 10.1. The third kappa shape index (κ3) is 5.23. The molecule has 7 nitrogen and oxygen atoms in total. The maximum atomic E-state index is 13.4. The van der Waals surface area contributed by atoms with Crippen LogP contribution in [0, 0.1) is 0 Å². The molecular weight excluding hydrogens is 487 g/mol. The van der Waals surface area contributed by atoms with E-state index in [1.807, 2.05) is 35.8 Å². The molecule has 0 saturated carbocycles. The molecule has 1 aliphatic carbocycles. The van der Waals surface area contributed by atoms with Crippen LogP contribution in [-0.4, -0.2) is 69.8 Å². The molecule has 188 valence electrons. The lowest BCUT2D eigenvalue weighted by Gasteiger charge is -2.35. The number of halogens is 2. The van der Waals surface area contributed by atoms with Gasteiger partial charge in [0.25, 0.3) is 5.91 Å². The fourth-order valence-corrected chi connectivity index (χ4v) is 6.35. The quantitative estimate of drug-likeness (QED) is 0.603. The van der Waals surface area contributed by atoms with Crippen molar-refractivity contribution in [1.29, 1.82) is 0 Å². The van der Waals surface area contributed by atoms with Crippen LogP contribution in [0.3, 0.4) is 0 Å². The first kappa shape index (κ1) is 24.6. The Hall–Kier alpha value is -2.09. The van der Waals surface area contributed by atoms with Crippen LogP contribution in [0.1, 0.15) is 66.3 Å². The molecule has 3 heterocycles.